The van der Waals surface area contributed by atoms with Crippen molar-refractivity contribution in [2.24, 2.45) is 5.73 Å². The maximum absolute atomic E-state index is 12.6. The molecule has 40 heavy (non-hydrogen) atoms. The number of ether oxygens (including phenoxy) is 1. The predicted octanol–water partition coefficient (Wildman–Crippen LogP) is 4.80. The molecule has 0 unspecified atom stereocenters. The molecule has 2 amide bonds. The molecule has 9 nitrogen and oxygen atoms in total. The Morgan fingerprint density at radius 3 is 1.98 bits per heavy atom. The second-order valence-electron chi connectivity index (χ2n) is 10.6. The molecule has 0 saturated heterocycles. The van der Waals surface area contributed by atoms with Crippen molar-refractivity contribution >= 4 is 24.2 Å². The zero-order chi connectivity index (χ0) is 28.2. The highest BCUT2D eigenvalue weighted by atomic mass is 35.5. The Balaban J connectivity index is 0.0000152. The summed E-state index contributed by atoms with van der Waals surface area (Å²) < 4.78 is 5.29. The van der Waals surface area contributed by atoms with E-state index in [4.69, 9.17) is 10.5 Å². The molecule has 1 heterocycles. The van der Waals surface area contributed by atoms with Crippen molar-refractivity contribution in [1.82, 2.24) is 25.9 Å². The summed E-state index contributed by atoms with van der Waals surface area (Å²) >= 11 is 0. The first kappa shape index (κ1) is 38.3. The molecule has 0 radical (unpaired) electrons. The van der Waals surface area contributed by atoms with E-state index in [1.54, 1.807) is 12.5 Å². The van der Waals surface area contributed by atoms with Crippen molar-refractivity contribution in [2.75, 3.05) is 39.4 Å². The monoisotopic (exact) mass is 586 g/mol. The molecule has 0 fully saturated rings. The largest absolute Gasteiger partial charge is 0.378 e. The molecule has 0 saturated carbocycles. The van der Waals surface area contributed by atoms with Gasteiger partial charge in [-0.15, -0.1) is 12.4 Å². The summed E-state index contributed by atoms with van der Waals surface area (Å²) in [5, 5.41) is 8.86. The number of H-pyrrole nitrogens is 1. The van der Waals surface area contributed by atoms with E-state index in [1.807, 2.05) is 0 Å². The van der Waals surface area contributed by atoms with Crippen molar-refractivity contribution in [1.29, 1.82) is 0 Å². The Bertz CT molecular complexity index is 693. The van der Waals surface area contributed by atoms with Crippen molar-refractivity contribution in [3.05, 3.63) is 18.2 Å². The Hall–Kier alpha value is -1.68. The van der Waals surface area contributed by atoms with E-state index in [9.17, 15) is 9.59 Å². The molecule has 1 aromatic heterocycles. The van der Waals surface area contributed by atoms with Crippen LogP contribution < -0.4 is 21.7 Å². The molecule has 6 N–H and O–H groups in total. The van der Waals surface area contributed by atoms with Gasteiger partial charge in [-0.2, -0.15) is 0 Å². The minimum absolute atomic E-state index is 0. The normalized spacial score (nSPS) is 11.7. The lowest BCUT2D eigenvalue weighted by Gasteiger charge is -2.18. The fourth-order valence-corrected chi connectivity index (χ4v) is 4.63. The Labute approximate surface area is 249 Å². The minimum Gasteiger partial charge on any atom is -0.378 e. The Morgan fingerprint density at radius 1 is 0.875 bits per heavy atom. The number of hydrogen-bond donors (Lipinski definition) is 5. The van der Waals surface area contributed by atoms with E-state index in [0.717, 1.165) is 18.7 Å². The molecule has 0 aliphatic carbocycles. The maximum atomic E-state index is 12.6. The fraction of sp³-hybridized carbons (Fsp3) is 0.833. The van der Waals surface area contributed by atoms with Crippen molar-refractivity contribution in [3.8, 4) is 0 Å². The van der Waals surface area contributed by atoms with Gasteiger partial charge in [0, 0.05) is 31.4 Å². The van der Waals surface area contributed by atoms with Crippen LogP contribution in [0.3, 0.4) is 0 Å². The van der Waals surface area contributed by atoms with Crippen LogP contribution in [0.1, 0.15) is 115 Å². The van der Waals surface area contributed by atoms with Crippen LogP contribution in [0.5, 0.6) is 0 Å². The molecule has 0 bridgehead atoms. The number of nitrogens with zero attached hydrogens (tertiary/aromatic N) is 1. The molecule has 0 aromatic carbocycles. The smallest absolute Gasteiger partial charge is 0.243 e. The third-order valence-corrected chi connectivity index (χ3v) is 6.93. The first-order valence-electron chi connectivity index (χ1n) is 15.7. The number of rotatable bonds is 28. The molecular formula is C30H59ClN6O3. The van der Waals surface area contributed by atoms with Gasteiger partial charge in [-0.3, -0.25) is 9.59 Å². The number of hydrogen-bond acceptors (Lipinski definition) is 6. The minimum atomic E-state index is -0.676. The topological polar surface area (TPSA) is 134 Å². The molecule has 0 spiro atoms. The SMILES string of the molecule is CCCCCCCCCCCCCCCCCCNCC(=O)N[C@@H](Cc1cnc[nH]1)C(=O)NCCOCCN.Cl. The van der Waals surface area contributed by atoms with Gasteiger partial charge in [0.2, 0.25) is 11.8 Å². The number of unbranched alkanes of at least 4 members (excludes halogenated alkanes) is 15. The van der Waals surface area contributed by atoms with Crippen LogP contribution in [0, 0.1) is 0 Å². The molecule has 1 aromatic rings. The molecule has 234 valence electrons. The summed E-state index contributed by atoms with van der Waals surface area (Å²) in [7, 11) is 0. The van der Waals surface area contributed by atoms with Crippen LogP contribution in [0.2, 0.25) is 0 Å². The third-order valence-electron chi connectivity index (χ3n) is 6.93. The number of nitrogens with one attached hydrogen (secondary N) is 4. The van der Waals surface area contributed by atoms with Gasteiger partial charge in [0.15, 0.2) is 0 Å². The number of aromatic amines is 1. The number of carbonyl (C=O) groups excluding carboxylic acids is 2. The second kappa shape index (κ2) is 28.8. The summed E-state index contributed by atoms with van der Waals surface area (Å²) in [6, 6.07) is -0.676. The van der Waals surface area contributed by atoms with Crippen molar-refractivity contribution in [3.63, 3.8) is 0 Å². The van der Waals surface area contributed by atoms with Gasteiger partial charge in [0.25, 0.3) is 0 Å². The van der Waals surface area contributed by atoms with Gasteiger partial charge in [0.05, 0.1) is 26.1 Å². The average Bonchev–Trinajstić information content (AvgIpc) is 3.45. The zero-order valence-electron chi connectivity index (χ0n) is 25.2. The summed E-state index contributed by atoms with van der Waals surface area (Å²) in [4.78, 5) is 32.1. The van der Waals surface area contributed by atoms with Crippen LogP contribution in [0.4, 0.5) is 0 Å². The molecule has 0 aliphatic rings. The first-order valence-corrected chi connectivity index (χ1v) is 15.7. The van der Waals surface area contributed by atoms with E-state index in [-0.39, 0.29) is 30.8 Å². The number of aromatic nitrogens is 2. The van der Waals surface area contributed by atoms with Crippen LogP contribution >= 0.6 is 12.4 Å². The number of nitrogens with two attached hydrogens (primary N) is 1. The third kappa shape index (κ3) is 23.1. The molecule has 0 aliphatic heterocycles. The summed E-state index contributed by atoms with van der Waals surface area (Å²) in [6.45, 7) is 4.93. The number of imidazole rings is 1. The van der Waals surface area contributed by atoms with Gasteiger partial charge < -0.3 is 31.4 Å². The van der Waals surface area contributed by atoms with Crippen LogP contribution in [-0.2, 0) is 20.7 Å². The van der Waals surface area contributed by atoms with Gasteiger partial charge >= 0.3 is 0 Å². The number of carbonyl (C=O) groups is 2. The van der Waals surface area contributed by atoms with E-state index < -0.39 is 6.04 Å². The lowest BCUT2D eigenvalue weighted by Crippen LogP contribution is -2.50. The van der Waals surface area contributed by atoms with Crippen LogP contribution in [0.15, 0.2) is 12.5 Å². The van der Waals surface area contributed by atoms with Gasteiger partial charge in [0.1, 0.15) is 6.04 Å². The van der Waals surface area contributed by atoms with Gasteiger partial charge in [-0.05, 0) is 13.0 Å². The zero-order valence-corrected chi connectivity index (χ0v) is 26.0. The molecular weight excluding hydrogens is 528 g/mol. The van der Waals surface area contributed by atoms with E-state index >= 15 is 0 Å². The highest BCUT2D eigenvalue weighted by Crippen LogP contribution is 2.13. The number of halogens is 1. The van der Waals surface area contributed by atoms with E-state index in [0.29, 0.717) is 32.7 Å². The van der Waals surface area contributed by atoms with Crippen LogP contribution in [-0.4, -0.2) is 67.2 Å². The average molecular weight is 587 g/mol. The molecule has 10 heteroatoms. The highest BCUT2D eigenvalue weighted by Gasteiger charge is 2.21. The predicted molar refractivity (Wildman–Crippen MR) is 167 cm³/mol. The lowest BCUT2D eigenvalue weighted by molar-refractivity contribution is -0.128. The Morgan fingerprint density at radius 2 is 1.45 bits per heavy atom. The van der Waals surface area contributed by atoms with Crippen molar-refractivity contribution < 1.29 is 14.3 Å². The fourth-order valence-electron chi connectivity index (χ4n) is 4.63. The first-order chi connectivity index (χ1) is 19.2. The van der Waals surface area contributed by atoms with E-state index in [2.05, 4.69) is 32.8 Å². The highest BCUT2D eigenvalue weighted by molar-refractivity contribution is 5.88. The molecule has 1 atom stereocenters. The quantitative estimate of drug-likeness (QED) is 0.0895. The number of amides is 2. The molecule has 1 rings (SSSR count). The second-order valence-corrected chi connectivity index (χ2v) is 10.6. The van der Waals surface area contributed by atoms with Gasteiger partial charge in [-0.1, -0.05) is 103 Å². The lowest BCUT2D eigenvalue weighted by atomic mass is 10.0. The van der Waals surface area contributed by atoms with Crippen LogP contribution in [0.25, 0.3) is 0 Å². The standard InChI is InChI=1S/C30H58N6O3.ClH/c1-2-3-4-5-6-7-8-9-10-11-12-13-14-15-16-17-19-32-25-29(37)36-28(23-27-24-33-26-35-27)30(38)34-20-22-39-21-18-31;/h24,26,28,32H,2-23,25,31H2,1H3,(H,33,35)(H,34,38)(H,36,37);1H/t28-;/m0./s1. The Kier molecular flexibility index (Phi) is 27.6. The summed E-state index contributed by atoms with van der Waals surface area (Å²) in [5.74, 6) is -0.433. The summed E-state index contributed by atoms with van der Waals surface area (Å²) in [6.07, 6.45) is 25.1. The van der Waals surface area contributed by atoms with Gasteiger partial charge in [-0.25, -0.2) is 4.98 Å². The maximum Gasteiger partial charge on any atom is 0.243 e. The van der Waals surface area contributed by atoms with Crippen molar-refractivity contribution in [2.45, 2.75) is 122 Å². The van der Waals surface area contributed by atoms with E-state index in [1.165, 1.54) is 96.3 Å². The summed E-state index contributed by atoms with van der Waals surface area (Å²) in [5.41, 5.74) is 6.19.